The molecule has 1 N–H and O–H groups in total. The maximum Gasteiger partial charge on any atom is 0.311 e. The van der Waals surface area contributed by atoms with Gasteiger partial charge in [-0.05, 0) is 35.2 Å². The molecule has 80 valence electrons. The molecular weight excluding hydrogens is 262 g/mol. The van der Waals surface area contributed by atoms with Crippen molar-refractivity contribution < 1.29 is 4.92 Å². The van der Waals surface area contributed by atoms with Gasteiger partial charge in [-0.1, -0.05) is 0 Å². The third-order valence-corrected chi connectivity index (χ3v) is 3.13. The number of anilines is 1. The van der Waals surface area contributed by atoms with Gasteiger partial charge in [-0.15, -0.1) is 0 Å². The summed E-state index contributed by atoms with van der Waals surface area (Å²) in [5.74, 6) is 0. The highest BCUT2D eigenvalue weighted by atomic mass is 79.9. The van der Waals surface area contributed by atoms with Crippen molar-refractivity contribution in [2.45, 2.75) is 25.3 Å². The van der Waals surface area contributed by atoms with Crippen molar-refractivity contribution in [3.63, 3.8) is 0 Å². The van der Waals surface area contributed by atoms with Gasteiger partial charge in [0.25, 0.3) is 0 Å². The molecule has 0 radical (unpaired) electrons. The van der Waals surface area contributed by atoms with E-state index in [0.29, 0.717) is 16.2 Å². The molecule has 1 saturated carbocycles. The van der Waals surface area contributed by atoms with Crippen LogP contribution in [0.5, 0.6) is 0 Å². The summed E-state index contributed by atoms with van der Waals surface area (Å²) in [6.45, 7) is 0. The number of nitrogens with one attached hydrogen (secondary N) is 1. The molecule has 1 fully saturated rings. The van der Waals surface area contributed by atoms with Crippen LogP contribution in [0.15, 0.2) is 16.9 Å². The van der Waals surface area contributed by atoms with Crippen LogP contribution in [-0.2, 0) is 0 Å². The molecule has 1 aromatic rings. The van der Waals surface area contributed by atoms with Crippen LogP contribution in [0.4, 0.5) is 11.4 Å². The molecule has 1 aromatic heterocycles. The molecule has 0 aromatic carbocycles. The second kappa shape index (κ2) is 4.14. The Morgan fingerprint density at radius 3 is 2.80 bits per heavy atom. The van der Waals surface area contributed by atoms with Crippen molar-refractivity contribution in [3.05, 3.63) is 27.0 Å². The first-order valence-electron chi connectivity index (χ1n) is 4.73. The summed E-state index contributed by atoms with van der Waals surface area (Å²) in [6.07, 6.45) is 6.17. The van der Waals surface area contributed by atoms with Gasteiger partial charge in [0.05, 0.1) is 9.40 Å². The van der Waals surface area contributed by atoms with Gasteiger partial charge in [-0.2, -0.15) is 0 Å². The van der Waals surface area contributed by atoms with Crippen molar-refractivity contribution in [3.8, 4) is 0 Å². The van der Waals surface area contributed by atoms with E-state index in [1.54, 1.807) is 6.20 Å². The summed E-state index contributed by atoms with van der Waals surface area (Å²) < 4.78 is 0.642. The number of nitro groups is 1. The molecule has 0 saturated heterocycles. The number of pyridine rings is 1. The Kier molecular flexibility index (Phi) is 2.86. The van der Waals surface area contributed by atoms with Gasteiger partial charge < -0.3 is 5.32 Å². The summed E-state index contributed by atoms with van der Waals surface area (Å²) >= 11 is 3.27. The van der Waals surface area contributed by atoms with Crippen molar-refractivity contribution in [1.82, 2.24) is 4.98 Å². The number of nitrogens with zero attached hydrogens (tertiary/aromatic N) is 2. The molecule has 0 amide bonds. The first-order chi connectivity index (χ1) is 7.18. The molecule has 2 rings (SSSR count). The fourth-order valence-corrected chi connectivity index (χ4v) is 1.90. The fraction of sp³-hybridized carbons (Fsp3) is 0.444. The van der Waals surface area contributed by atoms with E-state index in [4.69, 9.17) is 0 Å². The van der Waals surface area contributed by atoms with E-state index in [1.807, 2.05) is 0 Å². The predicted molar refractivity (Wildman–Crippen MR) is 59.9 cm³/mol. The minimum atomic E-state index is -0.418. The van der Waals surface area contributed by atoms with Crippen LogP contribution in [0.25, 0.3) is 0 Å². The van der Waals surface area contributed by atoms with E-state index in [9.17, 15) is 10.1 Å². The van der Waals surface area contributed by atoms with E-state index in [0.717, 1.165) is 12.8 Å². The van der Waals surface area contributed by atoms with Gasteiger partial charge in [0.1, 0.15) is 11.9 Å². The normalized spacial score (nSPS) is 15.8. The lowest BCUT2D eigenvalue weighted by Crippen LogP contribution is -2.27. The Hall–Kier alpha value is -1.17. The number of aromatic nitrogens is 1. The number of hydrogen-bond donors (Lipinski definition) is 1. The van der Waals surface area contributed by atoms with Crippen molar-refractivity contribution in [2.24, 2.45) is 0 Å². The van der Waals surface area contributed by atoms with Gasteiger partial charge >= 0.3 is 5.69 Å². The highest BCUT2D eigenvalue weighted by Gasteiger charge is 2.23. The molecule has 0 spiro atoms. The second-order valence-corrected chi connectivity index (χ2v) is 4.40. The maximum atomic E-state index is 10.8. The summed E-state index contributed by atoms with van der Waals surface area (Å²) in [4.78, 5) is 14.1. The molecule has 1 aliphatic carbocycles. The van der Waals surface area contributed by atoms with E-state index in [1.165, 1.54) is 12.6 Å². The summed E-state index contributed by atoms with van der Waals surface area (Å²) in [5, 5.41) is 13.9. The van der Waals surface area contributed by atoms with Gasteiger partial charge in [-0.3, -0.25) is 15.1 Å². The lowest BCUT2D eigenvalue weighted by atomic mass is 9.93. The number of hydrogen-bond acceptors (Lipinski definition) is 4. The Labute approximate surface area is 95.2 Å². The molecule has 1 heterocycles. The Balaban J connectivity index is 2.29. The zero-order valence-electron chi connectivity index (χ0n) is 7.94. The Morgan fingerprint density at radius 2 is 2.27 bits per heavy atom. The van der Waals surface area contributed by atoms with Gasteiger partial charge in [-0.25, -0.2) is 0 Å². The molecule has 15 heavy (non-hydrogen) atoms. The highest BCUT2D eigenvalue weighted by Crippen LogP contribution is 2.34. The van der Waals surface area contributed by atoms with E-state index in [-0.39, 0.29) is 5.69 Å². The molecule has 0 atom stereocenters. The topological polar surface area (TPSA) is 68.1 Å². The van der Waals surface area contributed by atoms with E-state index >= 15 is 0 Å². The van der Waals surface area contributed by atoms with Crippen LogP contribution in [-0.4, -0.2) is 15.9 Å². The summed E-state index contributed by atoms with van der Waals surface area (Å²) in [6, 6.07) is 0.363. The highest BCUT2D eigenvalue weighted by molar-refractivity contribution is 9.10. The lowest BCUT2D eigenvalue weighted by Gasteiger charge is -2.27. The summed E-state index contributed by atoms with van der Waals surface area (Å²) in [7, 11) is 0. The average molecular weight is 272 g/mol. The average Bonchev–Trinajstić information content (AvgIpc) is 2.12. The van der Waals surface area contributed by atoms with Crippen LogP contribution in [0.2, 0.25) is 0 Å². The standard InChI is InChI=1S/C9H10BrN3O2/c10-7-4-11-5-8(13(14)15)9(7)12-6-2-1-3-6/h4-6H,1-3H2,(H,11,12). The fourth-order valence-electron chi connectivity index (χ4n) is 1.46. The SMILES string of the molecule is O=[N+]([O-])c1cncc(Br)c1NC1CCC1. The monoisotopic (exact) mass is 271 g/mol. The molecule has 1 aliphatic rings. The van der Waals surface area contributed by atoms with E-state index in [2.05, 4.69) is 26.2 Å². The lowest BCUT2D eigenvalue weighted by molar-refractivity contribution is -0.384. The molecule has 0 unspecified atom stereocenters. The van der Waals surface area contributed by atoms with E-state index < -0.39 is 4.92 Å². The third-order valence-electron chi connectivity index (χ3n) is 2.53. The van der Waals surface area contributed by atoms with Gasteiger partial charge in [0, 0.05) is 12.2 Å². The minimum Gasteiger partial charge on any atom is -0.376 e. The van der Waals surface area contributed by atoms with Crippen LogP contribution in [0.1, 0.15) is 19.3 Å². The minimum absolute atomic E-state index is 0.0243. The van der Waals surface area contributed by atoms with Gasteiger partial charge in [0.2, 0.25) is 0 Å². The molecular formula is C9H10BrN3O2. The molecule has 0 bridgehead atoms. The predicted octanol–water partition coefficient (Wildman–Crippen LogP) is 2.72. The number of halogens is 1. The van der Waals surface area contributed by atoms with Crippen molar-refractivity contribution in [1.29, 1.82) is 0 Å². The smallest absolute Gasteiger partial charge is 0.311 e. The quantitative estimate of drug-likeness (QED) is 0.678. The Morgan fingerprint density at radius 1 is 1.53 bits per heavy atom. The molecule has 6 heteroatoms. The van der Waals surface area contributed by atoms with Crippen molar-refractivity contribution >= 4 is 27.3 Å². The third kappa shape index (κ3) is 2.09. The van der Waals surface area contributed by atoms with Crippen LogP contribution in [0, 0.1) is 10.1 Å². The first kappa shape index (κ1) is 10.4. The molecule has 5 nitrogen and oxygen atoms in total. The largest absolute Gasteiger partial charge is 0.376 e. The zero-order valence-corrected chi connectivity index (χ0v) is 9.53. The Bertz CT molecular complexity index is 393. The second-order valence-electron chi connectivity index (χ2n) is 3.54. The van der Waals surface area contributed by atoms with Crippen molar-refractivity contribution in [2.75, 3.05) is 5.32 Å². The zero-order chi connectivity index (χ0) is 10.8. The maximum absolute atomic E-state index is 10.8. The summed E-state index contributed by atoms with van der Waals surface area (Å²) in [5.41, 5.74) is 0.566. The first-order valence-corrected chi connectivity index (χ1v) is 5.52. The molecule has 0 aliphatic heterocycles. The van der Waals surface area contributed by atoms with Crippen LogP contribution < -0.4 is 5.32 Å². The van der Waals surface area contributed by atoms with Gasteiger partial charge in [0.15, 0.2) is 0 Å². The van der Waals surface area contributed by atoms with Crippen LogP contribution in [0.3, 0.4) is 0 Å². The van der Waals surface area contributed by atoms with Crippen LogP contribution >= 0.6 is 15.9 Å². The number of rotatable bonds is 3.